The van der Waals surface area contributed by atoms with E-state index in [9.17, 15) is 9.59 Å². The Morgan fingerprint density at radius 1 is 1.06 bits per heavy atom. The smallest absolute Gasteiger partial charge is 0.257 e. The van der Waals surface area contributed by atoms with E-state index in [1.165, 1.54) is 6.08 Å². The Balaban J connectivity index is 1.35. The zero-order valence-corrected chi connectivity index (χ0v) is 18.9. The van der Waals surface area contributed by atoms with Crippen molar-refractivity contribution in [2.45, 2.75) is 19.8 Å². The number of anilines is 1. The number of H-pyrrole nitrogens is 1. The molecule has 0 spiro atoms. The molecule has 8 heteroatoms. The lowest BCUT2D eigenvalue weighted by Gasteiger charge is -2.05. The predicted octanol–water partition coefficient (Wildman–Crippen LogP) is 4.09. The number of nitrogens with one attached hydrogen (secondary N) is 2. The number of carbonyl (C=O) groups excluding carboxylic acids is 2. The number of carbonyl (C=O) groups is 2. The lowest BCUT2D eigenvalue weighted by molar-refractivity contribution is -0.114. The summed E-state index contributed by atoms with van der Waals surface area (Å²) in [4.78, 5) is 36.8. The molecule has 4 rings (SSSR count). The van der Waals surface area contributed by atoms with Gasteiger partial charge in [0.25, 0.3) is 5.91 Å². The number of fused-ring (bicyclic) bond motifs is 1. The van der Waals surface area contributed by atoms with Crippen molar-refractivity contribution >= 4 is 34.4 Å². The minimum absolute atomic E-state index is 0.0305. The Morgan fingerprint density at radius 2 is 1.91 bits per heavy atom. The zero-order valence-electron chi connectivity index (χ0n) is 18.9. The SMILES string of the molecule is C/N=C(\C=C/C(=O)CCc1cccc(C(=O)Nc2nc3ccccc3[nH]2)c1)c1cnnc(C)c1. The summed E-state index contributed by atoms with van der Waals surface area (Å²) < 4.78 is 0. The van der Waals surface area contributed by atoms with Crippen LogP contribution in [0.25, 0.3) is 11.0 Å². The van der Waals surface area contributed by atoms with Gasteiger partial charge in [0.15, 0.2) is 5.78 Å². The van der Waals surface area contributed by atoms with Crippen molar-refractivity contribution < 1.29 is 9.59 Å². The van der Waals surface area contributed by atoms with Gasteiger partial charge in [-0.25, -0.2) is 4.98 Å². The van der Waals surface area contributed by atoms with Gasteiger partial charge < -0.3 is 4.98 Å². The third-order valence-corrected chi connectivity index (χ3v) is 5.21. The number of hydrogen-bond donors (Lipinski definition) is 2. The van der Waals surface area contributed by atoms with Gasteiger partial charge >= 0.3 is 0 Å². The van der Waals surface area contributed by atoms with Crippen LogP contribution in [0.5, 0.6) is 0 Å². The fourth-order valence-electron chi connectivity index (χ4n) is 3.50. The normalized spacial score (nSPS) is 11.8. The van der Waals surface area contributed by atoms with E-state index < -0.39 is 0 Å². The highest BCUT2D eigenvalue weighted by molar-refractivity contribution is 6.11. The molecular formula is C26H24N6O2. The monoisotopic (exact) mass is 452 g/mol. The minimum Gasteiger partial charge on any atom is -0.324 e. The van der Waals surface area contributed by atoms with Gasteiger partial charge in [0, 0.05) is 24.6 Å². The quantitative estimate of drug-likeness (QED) is 0.309. The van der Waals surface area contributed by atoms with Crippen molar-refractivity contribution in [1.29, 1.82) is 0 Å². The largest absolute Gasteiger partial charge is 0.324 e. The van der Waals surface area contributed by atoms with Crippen LogP contribution in [-0.2, 0) is 11.2 Å². The van der Waals surface area contributed by atoms with Crippen molar-refractivity contribution in [1.82, 2.24) is 20.2 Å². The topological polar surface area (TPSA) is 113 Å². The van der Waals surface area contributed by atoms with Crippen LogP contribution >= 0.6 is 0 Å². The number of nitrogens with zero attached hydrogens (tertiary/aromatic N) is 4. The van der Waals surface area contributed by atoms with E-state index in [4.69, 9.17) is 0 Å². The van der Waals surface area contributed by atoms with E-state index in [0.29, 0.717) is 30.1 Å². The Labute approximate surface area is 196 Å². The van der Waals surface area contributed by atoms with Crippen LogP contribution in [0.2, 0.25) is 0 Å². The van der Waals surface area contributed by atoms with Crippen molar-refractivity contribution in [2.24, 2.45) is 4.99 Å². The summed E-state index contributed by atoms with van der Waals surface area (Å²) in [5.74, 6) is 0.0964. The van der Waals surface area contributed by atoms with Crippen molar-refractivity contribution in [3.05, 3.63) is 95.3 Å². The third kappa shape index (κ3) is 5.66. The Morgan fingerprint density at radius 3 is 2.71 bits per heavy atom. The highest BCUT2D eigenvalue weighted by Gasteiger charge is 2.10. The number of aromatic nitrogens is 4. The molecule has 2 N–H and O–H groups in total. The number of hydrogen-bond acceptors (Lipinski definition) is 6. The molecule has 0 saturated carbocycles. The van der Waals surface area contributed by atoms with Crippen molar-refractivity contribution in [3.63, 3.8) is 0 Å². The number of rotatable bonds is 8. The summed E-state index contributed by atoms with van der Waals surface area (Å²) >= 11 is 0. The molecule has 0 aliphatic carbocycles. The van der Waals surface area contributed by atoms with Gasteiger partial charge in [0.2, 0.25) is 5.95 Å². The zero-order chi connectivity index (χ0) is 23.9. The highest BCUT2D eigenvalue weighted by Crippen LogP contribution is 2.15. The lowest BCUT2D eigenvalue weighted by Crippen LogP contribution is -2.13. The van der Waals surface area contributed by atoms with E-state index >= 15 is 0 Å². The average Bonchev–Trinajstić information content (AvgIpc) is 3.25. The van der Waals surface area contributed by atoms with Crippen LogP contribution in [0.4, 0.5) is 5.95 Å². The molecule has 0 aliphatic rings. The maximum Gasteiger partial charge on any atom is 0.257 e. The van der Waals surface area contributed by atoms with Crippen LogP contribution in [0, 0.1) is 6.92 Å². The van der Waals surface area contributed by atoms with Gasteiger partial charge in [-0.15, -0.1) is 0 Å². The molecule has 0 bridgehead atoms. The molecule has 8 nitrogen and oxygen atoms in total. The number of aliphatic imine (C=N–C) groups is 1. The maximum absolute atomic E-state index is 12.7. The molecule has 2 aromatic carbocycles. The summed E-state index contributed by atoms with van der Waals surface area (Å²) in [6.45, 7) is 1.85. The molecule has 1 amide bonds. The number of aryl methyl sites for hydroxylation is 2. The number of allylic oxidation sites excluding steroid dienone is 2. The number of imidazole rings is 1. The number of amides is 1. The first-order valence-corrected chi connectivity index (χ1v) is 10.8. The van der Waals surface area contributed by atoms with E-state index in [0.717, 1.165) is 27.9 Å². The van der Waals surface area contributed by atoms with Gasteiger partial charge in [0.1, 0.15) is 0 Å². The molecule has 2 aromatic heterocycles. The highest BCUT2D eigenvalue weighted by atomic mass is 16.1. The van der Waals surface area contributed by atoms with E-state index in [-0.39, 0.29) is 11.7 Å². The molecule has 0 fully saturated rings. The van der Waals surface area contributed by atoms with Gasteiger partial charge in [-0.1, -0.05) is 24.3 Å². The second kappa shape index (κ2) is 10.4. The Kier molecular flexibility index (Phi) is 6.98. The average molecular weight is 453 g/mol. The molecule has 0 saturated heterocycles. The molecular weight excluding hydrogens is 428 g/mol. The molecule has 0 atom stereocenters. The van der Waals surface area contributed by atoms with Gasteiger partial charge in [-0.3, -0.25) is 19.9 Å². The minimum atomic E-state index is -0.266. The first kappa shape index (κ1) is 22.7. The lowest BCUT2D eigenvalue weighted by atomic mass is 10.0. The number of ketones is 1. The van der Waals surface area contributed by atoms with E-state index in [1.807, 2.05) is 49.4 Å². The third-order valence-electron chi connectivity index (χ3n) is 5.21. The summed E-state index contributed by atoms with van der Waals surface area (Å²) in [5, 5.41) is 10.7. The second-order valence-corrected chi connectivity index (χ2v) is 7.75. The Hall–Kier alpha value is -4.46. The fraction of sp³-hybridized carbons (Fsp3) is 0.154. The van der Waals surface area contributed by atoms with Crippen LogP contribution in [-0.4, -0.2) is 44.6 Å². The maximum atomic E-state index is 12.7. The van der Waals surface area contributed by atoms with Gasteiger partial charge in [-0.05, 0) is 61.4 Å². The van der Waals surface area contributed by atoms with Gasteiger partial charge in [-0.2, -0.15) is 10.2 Å². The van der Waals surface area contributed by atoms with Crippen LogP contribution in [0.3, 0.4) is 0 Å². The molecule has 2 heterocycles. The van der Waals surface area contributed by atoms with Crippen molar-refractivity contribution in [3.8, 4) is 0 Å². The fourth-order valence-corrected chi connectivity index (χ4v) is 3.50. The molecule has 0 unspecified atom stereocenters. The number of benzene rings is 2. The molecule has 0 aliphatic heterocycles. The number of para-hydroxylation sites is 2. The van der Waals surface area contributed by atoms with Gasteiger partial charge in [0.05, 0.1) is 28.6 Å². The van der Waals surface area contributed by atoms with Crippen LogP contribution in [0.1, 0.15) is 33.6 Å². The van der Waals surface area contributed by atoms with Crippen LogP contribution < -0.4 is 5.32 Å². The number of aromatic amines is 1. The first-order chi connectivity index (χ1) is 16.5. The first-order valence-electron chi connectivity index (χ1n) is 10.8. The summed E-state index contributed by atoms with van der Waals surface area (Å²) in [5.41, 5.74) is 5.29. The summed E-state index contributed by atoms with van der Waals surface area (Å²) in [6, 6.07) is 16.7. The van der Waals surface area contributed by atoms with Crippen LogP contribution in [0.15, 0.2) is 77.9 Å². The summed E-state index contributed by atoms with van der Waals surface area (Å²) in [7, 11) is 1.67. The van der Waals surface area contributed by atoms with E-state index in [2.05, 4.69) is 30.5 Å². The molecule has 34 heavy (non-hydrogen) atoms. The second-order valence-electron chi connectivity index (χ2n) is 7.75. The Bertz CT molecular complexity index is 1370. The van der Waals surface area contributed by atoms with Crippen molar-refractivity contribution in [2.75, 3.05) is 12.4 Å². The standard InChI is InChI=1S/C26H24N6O2/c1-17-14-20(16-28-32-17)22(27-2)13-12-21(33)11-10-18-6-5-7-19(15-18)25(34)31-26-29-23-8-3-4-9-24(23)30-26/h3-9,12-16H,10-11H2,1-2H3,(H2,29,30,31,34)/b13-12-,27-22+. The predicted molar refractivity (Wildman–Crippen MR) is 132 cm³/mol. The summed E-state index contributed by atoms with van der Waals surface area (Å²) in [6.07, 6.45) is 5.66. The molecule has 4 aromatic rings. The van der Waals surface area contributed by atoms with E-state index in [1.54, 1.807) is 31.5 Å². The molecule has 0 radical (unpaired) electrons. The molecule has 170 valence electrons.